The molecule has 116 valence electrons. The van der Waals surface area contributed by atoms with Gasteiger partial charge in [-0.25, -0.2) is 0 Å². The highest BCUT2D eigenvalue weighted by molar-refractivity contribution is 6.05. The summed E-state index contributed by atoms with van der Waals surface area (Å²) in [7, 11) is 0. The van der Waals surface area contributed by atoms with Crippen LogP contribution in [-0.4, -0.2) is 16.9 Å². The molecule has 1 aliphatic heterocycles. The lowest BCUT2D eigenvalue weighted by Gasteiger charge is -2.20. The highest BCUT2D eigenvalue weighted by Crippen LogP contribution is 2.32. The Morgan fingerprint density at radius 1 is 1.26 bits per heavy atom. The van der Waals surface area contributed by atoms with E-state index in [1.54, 1.807) is 23.1 Å². The SMILES string of the molecule is CC1Cc2ccccc2N1C(=O)/C=C/c1cccc([N+](=O)[O-])c1. The van der Waals surface area contributed by atoms with E-state index in [9.17, 15) is 14.9 Å². The summed E-state index contributed by atoms with van der Waals surface area (Å²) in [5.41, 5.74) is 2.75. The Balaban J connectivity index is 1.82. The molecule has 2 aromatic rings. The zero-order valence-corrected chi connectivity index (χ0v) is 12.7. The summed E-state index contributed by atoms with van der Waals surface area (Å²) in [5, 5.41) is 10.8. The van der Waals surface area contributed by atoms with Gasteiger partial charge in [-0.15, -0.1) is 0 Å². The first-order valence-electron chi connectivity index (χ1n) is 7.40. The van der Waals surface area contributed by atoms with Gasteiger partial charge in [0, 0.05) is 29.9 Å². The molecule has 1 unspecified atom stereocenters. The van der Waals surface area contributed by atoms with Crippen molar-refractivity contribution >= 4 is 23.4 Å². The first kappa shape index (κ1) is 15.0. The number of para-hydroxylation sites is 1. The standard InChI is InChI=1S/C18H16N2O3/c1-13-11-15-6-2-3-8-17(15)19(13)18(21)10-9-14-5-4-7-16(12-14)20(22)23/h2-10,12-13H,11H2,1H3/b10-9+. The number of benzene rings is 2. The molecule has 0 fully saturated rings. The Labute approximate surface area is 134 Å². The molecule has 1 atom stereocenters. The Hall–Kier alpha value is -2.95. The van der Waals surface area contributed by atoms with Crippen LogP contribution in [0.1, 0.15) is 18.1 Å². The minimum atomic E-state index is -0.446. The number of nitro benzene ring substituents is 1. The van der Waals surface area contributed by atoms with Crippen LogP contribution in [0.4, 0.5) is 11.4 Å². The second kappa shape index (κ2) is 6.04. The summed E-state index contributed by atoms with van der Waals surface area (Å²) in [6.45, 7) is 2.01. The van der Waals surface area contributed by atoms with E-state index < -0.39 is 4.92 Å². The second-order valence-corrected chi connectivity index (χ2v) is 5.58. The fraction of sp³-hybridized carbons (Fsp3) is 0.167. The number of non-ortho nitro benzene ring substituents is 1. The van der Waals surface area contributed by atoms with Crippen molar-refractivity contribution in [2.24, 2.45) is 0 Å². The molecule has 3 rings (SSSR count). The number of amides is 1. The molecule has 5 heteroatoms. The van der Waals surface area contributed by atoms with Gasteiger partial charge in [-0.1, -0.05) is 30.3 Å². The number of fused-ring (bicyclic) bond motifs is 1. The van der Waals surface area contributed by atoms with E-state index in [1.807, 2.05) is 31.2 Å². The van der Waals surface area contributed by atoms with Gasteiger partial charge in [0.25, 0.3) is 11.6 Å². The normalized spacial score (nSPS) is 16.6. The lowest BCUT2D eigenvalue weighted by molar-refractivity contribution is -0.384. The van der Waals surface area contributed by atoms with Crippen molar-refractivity contribution in [2.75, 3.05) is 4.90 Å². The molecule has 0 radical (unpaired) electrons. The molecule has 0 bridgehead atoms. The van der Waals surface area contributed by atoms with E-state index >= 15 is 0 Å². The highest BCUT2D eigenvalue weighted by Gasteiger charge is 2.29. The van der Waals surface area contributed by atoms with E-state index in [4.69, 9.17) is 0 Å². The Bertz CT molecular complexity index is 798. The molecular weight excluding hydrogens is 292 g/mol. The topological polar surface area (TPSA) is 63.5 Å². The van der Waals surface area contributed by atoms with Gasteiger partial charge in [-0.3, -0.25) is 14.9 Å². The lowest BCUT2D eigenvalue weighted by atomic mass is 10.1. The molecule has 0 aromatic heterocycles. The van der Waals surface area contributed by atoms with Crippen LogP contribution in [0, 0.1) is 10.1 Å². The van der Waals surface area contributed by atoms with E-state index in [0.29, 0.717) is 5.56 Å². The molecule has 1 amide bonds. The maximum Gasteiger partial charge on any atom is 0.270 e. The Morgan fingerprint density at radius 3 is 2.83 bits per heavy atom. The van der Waals surface area contributed by atoms with Gasteiger partial charge >= 0.3 is 0 Å². The maximum absolute atomic E-state index is 12.5. The number of hydrogen-bond donors (Lipinski definition) is 0. The summed E-state index contributed by atoms with van der Waals surface area (Å²) >= 11 is 0. The van der Waals surface area contributed by atoms with Crippen LogP contribution in [0.3, 0.4) is 0 Å². The summed E-state index contributed by atoms with van der Waals surface area (Å²) in [4.78, 5) is 24.6. The van der Waals surface area contributed by atoms with Crippen molar-refractivity contribution in [2.45, 2.75) is 19.4 Å². The summed E-state index contributed by atoms with van der Waals surface area (Å²) in [6, 6.07) is 14.2. The predicted octanol–water partition coefficient (Wildman–Crippen LogP) is 3.59. The largest absolute Gasteiger partial charge is 0.305 e. The van der Waals surface area contributed by atoms with Crippen LogP contribution in [0.5, 0.6) is 0 Å². The maximum atomic E-state index is 12.5. The van der Waals surface area contributed by atoms with E-state index in [0.717, 1.165) is 17.7 Å². The summed E-state index contributed by atoms with van der Waals surface area (Å²) in [6.07, 6.45) is 3.92. The summed E-state index contributed by atoms with van der Waals surface area (Å²) in [5.74, 6) is -0.117. The first-order chi connectivity index (χ1) is 11.1. The van der Waals surface area contributed by atoms with E-state index in [-0.39, 0.29) is 17.6 Å². The number of carbonyl (C=O) groups is 1. The molecule has 1 heterocycles. The van der Waals surface area contributed by atoms with Gasteiger partial charge in [0.1, 0.15) is 0 Å². The number of nitro groups is 1. The quantitative estimate of drug-likeness (QED) is 0.494. The molecule has 5 nitrogen and oxygen atoms in total. The molecule has 0 N–H and O–H groups in total. The van der Waals surface area contributed by atoms with Crippen molar-refractivity contribution in [3.05, 3.63) is 75.8 Å². The molecule has 0 spiro atoms. The minimum Gasteiger partial charge on any atom is -0.305 e. The fourth-order valence-corrected chi connectivity index (χ4v) is 2.89. The molecule has 1 aliphatic rings. The Kier molecular flexibility index (Phi) is 3.93. The molecule has 23 heavy (non-hydrogen) atoms. The van der Waals surface area contributed by atoms with E-state index in [2.05, 4.69) is 0 Å². The van der Waals surface area contributed by atoms with Crippen LogP contribution < -0.4 is 4.90 Å². The van der Waals surface area contributed by atoms with Crippen molar-refractivity contribution in [1.29, 1.82) is 0 Å². The fourth-order valence-electron chi connectivity index (χ4n) is 2.89. The van der Waals surface area contributed by atoms with Gasteiger partial charge in [-0.05, 0) is 36.6 Å². The van der Waals surface area contributed by atoms with Gasteiger partial charge < -0.3 is 4.90 Å². The summed E-state index contributed by atoms with van der Waals surface area (Å²) < 4.78 is 0. The average Bonchev–Trinajstić information content (AvgIpc) is 2.88. The van der Waals surface area contributed by atoms with E-state index in [1.165, 1.54) is 18.2 Å². The minimum absolute atomic E-state index is 0.0134. The van der Waals surface area contributed by atoms with Gasteiger partial charge in [-0.2, -0.15) is 0 Å². The van der Waals surface area contributed by atoms with Gasteiger partial charge in [0.15, 0.2) is 0 Å². The molecule has 2 aromatic carbocycles. The number of hydrogen-bond acceptors (Lipinski definition) is 3. The molecule has 0 saturated heterocycles. The van der Waals surface area contributed by atoms with Crippen LogP contribution >= 0.6 is 0 Å². The smallest absolute Gasteiger partial charge is 0.270 e. The third-order valence-electron chi connectivity index (χ3n) is 3.94. The van der Waals surface area contributed by atoms with Crippen molar-refractivity contribution < 1.29 is 9.72 Å². The van der Waals surface area contributed by atoms with Crippen molar-refractivity contribution in [3.8, 4) is 0 Å². The van der Waals surface area contributed by atoms with Gasteiger partial charge in [0.05, 0.1) is 4.92 Å². The van der Waals surface area contributed by atoms with Crippen LogP contribution in [0.25, 0.3) is 6.08 Å². The van der Waals surface area contributed by atoms with Crippen LogP contribution in [0.2, 0.25) is 0 Å². The Morgan fingerprint density at radius 2 is 2.04 bits per heavy atom. The third-order valence-corrected chi connectivity index (χ3v) is 3.94. The third kappa shape index (κ3) is 2.99. The highest BCUT2D eigenvalue weighted by atomic mass is 16.6. The lowest BCUT2D eigenvalue weighted by Crippen LogP contribution is -2.34. The second-order valence-electron chi connectivity index (χ2n) is 5.58. The first-order valence-corrected chi connectivity index (χ1v) is 7.40. The number of anilines is 1. The van der Waals surface area contributed by atoms with Crippen LogP contribution in [0.15, 0.2) is 54.6 Å². The van der Waals surface area contributed by atoms with Crippen LogP contribution in [-0.2, 0) is 11.2 Å². The molecule has 0 aliphatic carbocycles. The predicted molar refractivity (Wildman–Crippen MR) is 89.2 cm³/mol. The van der Waals surface area contributed by atoms with Crippen molar-refractivity contribution in [3.63, 3.8) is 0 Å². The number of nitrogens with zero attached hydrogens (tertiary/aromatic N) is 2. The van der Waals surface area contributed by atoms with Gasteiger partial charge in [0.2, 0.25) is 0 Å². The number of carbonyl (C=O) groups excluding carboxylic acids is 1. The zero-order valence-electron chi connectivity index (χ0n) is 12.7. The average molecular weight is 308 g/mol. The number of rotatable bonds is 3. The monoisotopic (exact) mass is 308 g/mol. The van der Waals surface area contributed by atoms with Crippen molar-refractivity contribution in [1.82, 2.24) is 0 Å². The molecule has 0 saturated carbocycles. The molecular formula is C18H16N2O3. The zero-order chi connectivity index (χ0) is 16.4.